The average molecular weight is 409 g/mol. The van der Waals surface area contributed by atoms with E-state index in [1.54, 1.807) is 11.0 Å². The summed E-state index contributed by atoms with van der Waals surface area (Å²) in [6.45, 7) is 3.23. The second kappa shape index (κ2) is 7.31. The molecule has 2 aliphatic rings. The zero-order chi connectivity index (χ0) is 20.0. The normalized spacial score (nSPS) is 18.0. The highest BCUT2D eigenvalue weighted by Crippen LogP contribution is 2.33. The van der Waals surface area contributed by atoms with Crippen molar-refractivity contribution in [2.75, 3.05) is 26.2 Å². The fraction of sp³-hybridized carbons (Fsp3) is 0.318. The fourth-order valence-corrected chi connectivity index (χ4v) is 4.69. The summed E-state index contributed by atoms with van der Waals surface area (Å²) in [4.78, 5) is 17.3. The van der Waals surface area contributed by atoms with E-state index in [2.05, 4.69) is 10.1 Å². The third kappa shape index (κ3) is 3.24. The molecule has 3 heterocycles. The summed E-state index contributed by atoms with van der Waals surface area (Å²) >= 11 is 5.51. The predicted molar refractivity (Wildman–Crippen MR) is 112 cm³/mol. The quantitative estimate of drug-likeness (QED) is 0.610. The highest BCUT2D eigenvalue weighted by atomic mass is 32.1. The van der Waals surface area contributed by atoms with Crippen molar-refractivity contribution >= 4 is 34.1 Å². The summed E-state index contributed by atoms with van der Waals surface area (Å²) in [6.07, 6.45) is 1.91. The van der Waals surface area contributed by atoms with E-state index >= 15 is 0 Å². The van der Waals surface area contributed by atoms with Crippen LogP contribution in [-0.4, -0.2) is 52.0 Å². The van der Waals surface area contributed by atoms with Crippen LogP contribution in [-0.2, 0) is 0 Å². The Balaban J connectivity index is 1.20. The molecular formula is C22H20FN3O2S. The van der Waals surface area contributed by atoms with Gasteiger partial charge in [0.15, 0.2) is 5.58 Å². The van der Waals surface area contributed by atoms with E-state index in [1.165, 1.54) is 12.1 Å². The highest BCUT2D eigenvalue weighted by Gasteiger charge is 2.32. The van der Waals surface area contributed by atoms with Crippen molar-refractivity contribution in [3.63, 3.8) is 0 Å². The van der Waals surface area contributed by atoms with Crippen molar-refractivity contribution in [2.24, 2.45) is 0 Å². The molecule has 0 aliphatic carbocycles. The lowest BCUT2D eigenvalue weighted by molar-refractivity contribution is 0.0844. The summed E-state index contributed by atoms with van der Waals surface area (Å²) in [7, 11) is 0. The Bertz CT molecular complexity index is 1070. The maximum atomic E-state index is 13.4. The molecule has 148 valence electrons. The van der Waals surface area contributed by atoms with Crippen LogP contribution >= 0.6 is 12.2 Å². The topological polar surface area (TPSA) is 49.6 Å². The number of nitrogens with zero attached hydrogens (tertiary/aromatic N) is 3. The molecule has 0 spiro atoms. The third-order valence-corrected chi connectivity index (χ3v) is 6.39. The lowest BCUT2D eigenvalue weighted by atomic mass is 9.91. The number of carbonyl (C=O) groups excluding carboxylic acids is 1. The second-order valence-electron chi connectivity index (χ2n) is 7.63. The number of rotatable bonds is 4. The van der Waals surface area contributed by atoms with Crippen LogP contribution in [0.3, 0.4) is 0 Å². The number of hydrogen-bond acceptors (Lipinski definition) is 5. The van der Waals surface area contributed by atoms with Gasteiger partial charge in [-0.15, -0.1) is 0 Å². The summed E-state index contributed by atoms with van der Waals surface area (Å²) in [5.74, 6) is -0.00922. The largest absolute Gasteiger partial charge is 0.356 e. The first-order chi connectivity index (χ1) is 14.1. The fourth-order valence-electron chi connectivity index (χ4n) is 4.34. The van der Waals surface area contributed by atoms with Crippen LogP contribution in [0.4, 0.5) is 4.39 Å². The molecule has 0 N–H and O–H groups in total. The SMILES string of the molecule is O=C1c2ccccc2C(=S)N1CCN1CCC(c2noc3cc(F)ccc23)CC1. The minimum absolute atomic E-state index is 0.00165. The Hall–Kier alpha value is -2.64. The Labute approximate surface area is 173 Å². The summed E-state index contributed by atoms with van der Waals surface area (Å²) in [6, 6.07) is 12.1. The van der Waals surface area contributed by atoms with Gasteiger partial charge in [-0.25, -0.2) is 4.39 Å². The molecule has 5 nitrogen and oxygen atoms in total. The number of carbonyl (C=O) groups is 1. The van der Waals surface area contributed by atoms with Crippen molar-refractivity contribution in [3.8, 4) is 0 Å². The zero-order valence-electron chi connectivity index (χ0n) is 15.8. The molecule has 1 fully saturated rings. The zero-order valence-corrected chi connectivity index (χ0v) is 16.6. The molecule has 0 unspecified atom stereocenters. The first-order valence-electron chi connectivity index (χ1n) is 9.84. The minimum Gasteiger partial charge on any atom is -0.356 e. The van der Waals surface area contributed by atoms with Gasteiger partial charge >= 0.3 is 0 Å². The second-order valence-corrected chi connectivity index (χ2v) is 8.02. The number of hydrogen-bond donors (Lipinski definition) is 0. The molecular weight excluding hydrogens is 389 g/mol. The smallest absolute Gasteiger partial charge is 0.259 e. The van der Waals surface area contributed by atoms with Gasteiger partial charge < -0.3 is 9.42 Å². The van der Waals surface area contributed by atoms with Crippen molar-refractivity contribution in [3.05, 3.63) is 65.1 Å². The van der Waals surface area contributed by atoms with Crippen LogP contribution < -0.4 is 0 Å². The van der Waals surface area contributed by atoms with Gasteiger partial charge in [-0.2, -0.15) is 0 Å². The molecule has 0 radical (unpaired) electrons. The van der Waals surface area contributed by atoms with Crippen LogP contribution in [0.1, 0.15) is 40.4 Å². The molecule has 0 bridgehead atoms. The Morgan fingerprint density at radius 1 is 1.10 bits per heavy atom. The highest BCUT2D eigenvalue weighted by molar-refractivity contribution is 7.80. The maximum absolute atomic E-state index is 13.4. The lowest BCUT2D eigenvalue weighted by Crippen LogP contribution is -2.41. The number of halogens is 1. The molecule has 0 saturated carbocycles. The molecule has 7 heteroatoms. The van der Waals surface area contributed by atoms with Crippen LogP contribution in [0.2, 0.25) is 0 Å². The average Bonchev–Trinajstić information content (AvgIpc) is 3.26. The van der Waals surface area contributed by atoms with Crippen molar-refractivity contribution < 1.29 is 13.7 Å². The Morgan fingerprint density at radius 3 is 2.62 bits per heavy atom. The van der Waals surface area contributed by atoms with Gasteiger partial charge in [0.1, 0.15) is 10.8 Å². The van der Waals surface area contributed by atoms with E-state index in [-0.39, 0.29) is 11.7 Å². The Morgan fingerprint density at radius 2 is 1.86 bits per heavy atom. The first-order valence-corrected chi connectivity index (χ1v) is 10.2. The van der Waals surface area contributed by atoms with E-state index in [4.69, 9.17) is 16.7 Å². The number of thiocarbonyl (C=S) groups is 1. The lowest BCUT2D eigenvalue weighted by Gasteiger charge is -2.32. The van der Waals surface area contributed by atoms with E-state index in [9.17, 15) is 9.18 Å². The van der Waals surface area contributed by atoms with Crippen molar-refractivity contribution in [1.82, 2.24) is 15.0 Å². The number of amides is 1. The number of benzene rings is 2. The first kappa shape index (κ1) is 18.4. The van der Waals surface area contributed by atoms with Crippen LogP contribution in [0.5, 0.6) is 0 Å². The standard InChI is InChI=1S/C22H20FN3O2S/c23-15-5-6-18-19(13-15)28-24-20(18)14-7-9-25(10-8-14)11-12-26-21(27)16-3-1-2-4-17(16)22(26)29/h1-6,13-14H,7-12H2. The van der Waals surface area contributed by atoms with Gasteiger partial charge in [0.25, 0.3) is 5.91 Å². The van der Waals surface area contributed by atoms with Gasteiger partial charge in [0.05, 0.1) is 11.3 Å². The van der Waals surface area contributed by atoms with Gasteiger partial charge in [-0.05, 0) is 44.1 Å². The maximum Gasteiger partial charge on any atom is 0.259 e. The van der Waals surface area contributed by atoms with Crippen molar-refractivity contribution in [2.45, 2.75) is 18.8 Å². The van der Waals surface area contributed by atoms with Gasteiger partial charge in [-0.1, -0.05) is 35.6 Å². The molecule has 2 aliphatic heterocycles. The van der Waals surface area contributed by atoms with Crippen molar-refractivity contribution in [1.29, 1.82) is 0 Å². The summed E-state index contributed by atoms with van der Waals surface area (Å²) in [5, 5.41) is 5.11. The minimum atomic E-state index is -0.313. The molecule has 1 amide bonds. The van der Waals surface area contributed by atoms with E-state index < -0.39 is 0 Å². The van der Waals surface area contributed by atoms with Crippen LogP contribution in [0, 0.1) is 5.82 Å². The summed E-state index contributed by atoms with van der Waals surface area (Å²) < 4.78 is 18.7. The van der Waals surface area contributed by atoms with Gasteiger partial charge in [0, 0.05) is 36.0 Å². The molecule has 3 aromatic rings. The number of piperidine rings is 1. The van der Waals surface area contributed by atoms with Gasteiger partial charge in [-0.3, -0.25) is 9.69 Å². The predicted octanol–water partition coefficient (Wildman–Crippen LogP) is 3.98. The van der Waals surface area contributed by atoms with E-state index in [1.807, 2.05) is 24.3 Å². The van der Waals surface area contributed by atoms with E-state index in [0.29, 0.717) is 28.6 Å². The van der Waals surface area contributed by atoms with Crippen LogP contribution in [0.25, 0.3) is 11.0 Å². The monoisotopic (exact) mass is 409 g/mol. The molecule has 2 aromatic carbocycles. The third-order valence-electron chi connectivity index (χ3n) is 5.95. The van der Waals surface area contributed by atoms with Gasteiger partial charge in [0.2, 0.25) is 0 Å². The number of fused-ring (bicyclic) bond motifs is 2. The molecule has 0 atom stereocenters. The Kier molecular flexibility index (Phi) is 4.64. The number of likely N-dealkylation sites (tertiary alicyclic amines) is 1. The molecule has 1 aromatic heterocycles. The van der Waals surface area contributed by atoms with Crippen LogP contribution in [0.15, 0.2) is 47.0 Å². The summed E-state index contributed by atoms with van der Waals surface area (Å²) in [5.41, 5.74) is 2.99. The molecule has 1 saturated heterocycles. The molecule has 5 rings (SSSR count). The molecule has 29 heavy (non-hydrogen) atoms. The van der Waals surface area contributed by atoms with E-state index in [0.717, 1.165) is 49.1 Å². The number of aromatic nitrogens is 1.